The second kappa shape index (κ2) is 9.55. The molecule has 0 unspecified atom stereocenters. The monoisotopic (exact) mass is 487 g/mol. The van der Waals surface area contributed by atoms with Gasteiger partial charge in [0.05, 0.1) is 5.56 Å². The highest BCUT2D eigenvalue weighted by Crippen LogP contribution is 2.33. The molecule has 1 amide bonds. The smallest absolute Gasteiger partial charge is 0.282 e. The summed E-state index contributed by atoms with van der Waals surface area (Å²) in [6.45, 7) is 0. The Hall–Kier alpha value is -4.24. The molecule has 6 nitrogen and oxygen atoms in total. The molecule has 9 heteroatoms. The summed E-state index contributed by atoms with van der Waals surface area (Å²) < 4.78 is 27.8. The van der Waals surface area contributed by atoms with E-state index in [-0.39, 0.29) is 5.56 Å². The Kier molecular flexibility index (Phi) is 6.15. The summed E-state index contributed by atoms with van der Waals surface area (Å²) in [4.78, 5) is 12.8. The van der Waals surface area contributed by atoms with Gasteiger partial charge in [-0.1, -0.05) is 84.1 Å². The number of hydrogen-bond acceptors (Lipinski definition) is 5. The van der Waals surface area contributed by atoms with E-state index in [9.17, 15) is 13.6 Å². The standard InChI is InChI=1S/C26H19F2N5OS/c1-33-15-20(22(32-33)23(27)28)24(34)29-21-10-6-5-9-19(21)16-11-13-18(14-12-16)26-31-30-25(35-26)17-7-3-2-4-8-17/h2-15,23H,1H3,(H,29,34). The fourth-order valence-electron chi connectivity index (χ4n) is 3.70. The molecular weight excluding hydrogens is 468 g/mol. The molecule has 0 fully saturated rings. The molecule has 0 atom stereocenters. The molecule has 0 saturated carbocycles. The van der Waals surface area contributed by atoms with Crippen LogP contribution in [0.2, 0.25) is 0 Å². The molecule has 0 aliphatic carbocycles. The zero-order valence-electron chi connectivity index (χ0n) is 18.5. The number of carbonyl (C=O) groups is 1. The Labute approximate surface area is 203 Å². The number of aromatic nitrogens is 4. The van der Waals surface area contributed by atoms with Crippen molar-refractivity contribution in [1.29, 1.82) is 0 Å². The van der Waals surface area contributed by atoms with Gasteiger partial charge in [-0.2, -0.15) is 5.10 Å². The van der Waals surface area contributed by atoms with Gasteiger partial charge in [0.25, 0.3) is 12.3 Å². The molecule has 5 aromatic rings. The van der Waals surface area contributed by atoms with E-state index in [0.717, 1.165) is 32.3 Å². The van der Waals surface area contributed by atoms with Crippen LogP contribution in [0.1, 0.15) is 22.5 Å². The topological polar surface area (TPSA) is 72.7 Å². The maximum Gasteiger partial charge on any atom is 0.282 e. The molecule has 0 bridgehead atoms. The van der Waals surface area contributed by atoms with Crippen molar-refractivity contribution in [3.8, 4) is 32.3 Å². The lowest BCUT2D eigenvalue weighted by atomic mass is 10.0. The van der Waals surface area contributed by atoms with Crippen LogP contribution < -0.4 is 5.32 Å². The summed E-state index contributed by atoms with van der Waals surface area (Å²) in [7, 11) is 1.50. The number of nitrogens with zero attached hydrogens (tertiary/aromatic N) is 4. The van der Waals surface area contributed by atoms with Gasteiger partial charge in [-0.3, -0.25) is 9.48 Å². The molecule has 0 radical (unpaired) electrons. The highest BCUT2D eigenvalue weighted by molar-refractivity contribution is 7.17. The van der Waals surface area contributed by atoms with Crippen molar-refractivity contribution < 1.29 is 13.6 Å². The van der Waals surface area contributed by atoms with Crippen LogP contribution in [0.25, 0.3) is 32.3 Å². The van der Waals surface area contributed by atoms with Gasteiger partial charge >= 0.3 is 0 Å². The van der Waals surface area contributed by atoms with Crippen LogP contribution in [0.15, 0.2) is 85.1 Å². The Balaban J connectivity index is 1.39. The summed E-state index contributed by atoms with van der Waals surface area (Å²) in [5.41, 5.74) is 3.37. The van der Waals surface area contributed by atoms with Crippen LogP contribution >= 0.6 is 11.3 Å². The van der Waals surface area contributed by atoms with Crippen LogP contribution in [0.5, 0.6) is 0 Å². The van der Waals surface area contributed by atoms with E-state index in [2.05, 4.69) is 20.6 Å². The lowest BCUT2D eigenvalue weighted by Crippen LogP contribution is -2.14. The van der Waals surface area contributed by atoms with Gasteiger partial charge in [0.2, 0.25) is 0 Å². The largest absolute Gasteiger partial charge is 0.321 e. The van der Waals surface area contributed by atoms with Gasteiger partial charge in [0.1, 0.15) is 15.7 Å². The third-order valence-electron chi connectivity index (χ3n) is 5.37. The van der Waals surface area contributed by atoms with Gasteiger partial charge < -0.3 is 5.32 Å². The Morgan fingerprint density at radius 3 is 2.14 bits per heavy atom. The van der Waals surface area contributed by atoms with Crippen LogP contribution in [-0.4, -0.2) is 25.9 Å². The first-order valence-corrected chi connectivity index (χ1v) is 11.5. The van der Waals surface area contributed by atoms with Crippen molar-refractivity contribution in [2.75, 3.05) is 5.32 Å². The molecule has 35 heavy (non-hydrogen) atoms. The van der Waals surface area contributed by atoms with Crippen molar-refractivity contribution in [2.45, 2.75) is 6.43 Å². The first kappa shape index (κ1) is 22.5. The zero-order chi connectivity index (χ0) is 24.4. The summed E-state index contributed by atoms with van der Waals surface area (Å²) in [6.07, 6.45) is -1.55. The molecule has 0 spiro atoms. The average molecular weight is 488 g/mol. The molecule has 1 N–H and O–H groups in total. The first-order chi connectivity index (χ1) is 17.0. The number of para-hydroxylation sites is 1. The van der Waals surface area contributed by atoms with Gasteiger partial charge in [0.15, 0.2) is 0 Å². The fraction of sp³-hybridized carbons (Fsp3) is 0.0769. The predicted octanol–water partition coefficient (Wildman–Crippen LogP) is 6.46. The third-order valence-corrected chi connectivity index (χ3v) is 6.39. The van der Waals surface area contributed by atoms with Gasteiger partial charge in [-0.25, -0.2) is 8.78 Å². The van der Waals surface area contributed by atoms with Crippen LogP contribution in [0.3, 0.4) is 0 Å². The van der Waals surface area contributed by atoms with E-state index >= 15 is 0 Å². The molecule has 0 aliphatic heterocycles. The highest BCUT2D eigenvalue weighted by Gasteiger charge is 2.23. The fourth-order valence-corrected chi connectivity index (χ4v) is 4.56. The first-order valence-electron chi connectivity index (χ1n) is 10.7. The molecule has 0 aliphatic rings. The number of nitrogens with one attached hydrogen (secondary N) is 1. The maximum atomic E-state index is 13.3. The normalized spacial score (nSPS) is 11.1. The van der Waals surface area contributed by atoms with E-state index in [1.807, 2.05) is 66.7 Å². The molecule has 0 saturated heterocycles. The zero-order valence-corrected chi connectivity index (χ0v) is 19.3. The van der Waals surface area contributed by atoms with Crippen molar-refractivity contribution in [1.82, 2.24) is 20.0 Å². The minimum Gasteiger partial charge on any atom is -0.321 e. The van der Waals surface area contributed by atoms with Crippen molar-refractivity contribution >= 4 is 22.9 Å². The quantitative estimate of drug-likeness (QED) is 0.298. The van der Waals surface area contributed by atoms with Gasteiger partial charge in [-0.15, -0.1) is 10.2 Å². The van der Waals surface area contributed by atoms with E-state index in [1.54, 1.807) is 12.1 Å². The number of rotatable bonds is 6. The van der Waals surface area contributed by atoms with Crippen LogP contribution in [-0.2, 0) is 7.05 Å². The Morgan fingerprint density at radius 2 is 1.46 bits per heavy atom. The molecule has 5 rings (SSSR count). The molecule has 2 heterocycles. The number of benzene rings is 3. The molecular formula is C26H19F2N5OS. The lowest BCUT2D eigenvalue weighted by Gasteiger charge is -2.11. The number of aryl methyl sites for hydroxylation is 1. The SMILES string of the molecule is Cn1cc(C(=O)Nc2ccccc2-c2ccc(-c3nnc(-c4ccccc4)s3)cc2)c(C(F)F)n1. The minimum absolute atomic E-state index is 0.154. The van der Waals surface area contributed by atoms with E-state index in [0.29, 0.717) is 5.69 Å². The number of anilines is 1. The maximum absolute atomic E-state index is 13.3. The second-order valence-electron chi connectivity index (χ2n) is 7.76. The summed E-state index contributed by atoms with van der Waals surface area (Å²) in [5.74, 6) is -0.639. The van der Waals surface area contributed by atoms with Crippen molar-refractivity contribution in [2.24, 2.45) is 7.05 Å². The number of halogens is 2. The molecule has 2 aromatic heterocycles. The number of amides is 1. The van der Waals surface area contributed by atoms with E-state index in [4.69, 9.17) is 0 Å². The predicted molar refractivity (Wildman–Crippen MR) is 132 cm³/mol. The summed E-state index contributed by atoms with van der Waals surface area (Å²) in [5, 5.41) is 16.7. The van der Waals surface area contributed by atoms with Crippen LogP contribution in [0.4, 0.5) is 14.5 Å². The molecule has 174 valence electrons. The number of carbonyl (C=O) groups excluding carboxylic acids is 1. The second-order valence-corrected chi connectivity index (χ2v) is 8.74. The highest BCUT2D eigenvalue weighted by atomic mass is 32.1. The minimum atomic E-state index is -2.84. The Morgan fingerprint density at radius 1 is 0.857 bits per heavy atom. The lowest BCUT2D eigenvalue weighted by molar-refractivity contribution is 0.101. The van der Waals surface area contributed by atoms with Gasteiger partial charge in [-0.05, 0) is 11.6 Å². The summed E-state index contributed by atoms with van der Waals surface area (Å²) >= 11 is 1.51. The average Bonchev–Trinajstić information content (AvgIpc) is 3.53. The summed E-state index contributed by atoms with van der Waals surface area (Å²) in [6, 6.07) is 24.8. The third kappa shape index (κ3) is 4.71. The van der Waals surface area contributed by atoms with Crippen molar-refractivity contribution in [3.05, 3.63) is 96.3 Å². The Bertz CT molecular complexity index is 1480. The van der Waals surface area contributed by atoms with Gasteiger partial charge in [0, 0.05) is 35.6 Å². The number of hydrogen-bond donors (Lipinski definition) is 1. The van der Waals surface area contributed by atoms with Crippen molar-refractivity contribution in [3.63, 3.8) is 0 Å². The van der Waals surface area contributed by atoms with E-state index in [1.165, 1.54) is 29.3 Å². The van der Waals surface area contributed by atoms with Crippen LogP contribution in [0, 0.1) is 0 Å². The number of alkyl halides is 2. The molecule has 3 aromatic carbocycles. The van der Waals surface area contributed by atoms with E-state index < -0.39 is 18.0 Å².